The first kappa shape index (κ1) is 16.1. The second kappa shape index (κ2) is 7.63. The molecule has 1 heterocycles. The smallest absolute Gasteiger partial charge is 0.227 e. The molecule has 0 aliphatic carbocycles. The van der Waals surface area contributed by atoms with E-state index < -0.39 is 0 Å². The topological polar surface area (TPSA) is 90.1 Å². The molecule has 2 rings (SSSR count). The number of amides is 1. The van der Waals surface area contributed by atoms with E-state index in [9.17, 15) is 4.79 Å². The molecule has 0 spiro atoms. The fourth-order valence-corrected chi connectivity index (χ4v) is 1.97. The first-order valence-corrected chi connectivity index (χ1v) is 7.05. The van der Waals surface area contributed by atoms with Crippen molar-refractivity contribution in [3.63, 3.8) is 0 Å². The van der Waals surface area contributed by atoms with Crippen molar-refractivity contribution in [3.05, 3.63) is 42.2 Å². The third-order valence-corrected chi connectivity index (χ3v) is 3.23. The maximum absolute atomic E-state index is 11.9. The van der Waals surface area contributed by atoms with Crippen LogP contribution in [0.15, 0.2) is 36.5 Å². The van der Waals surface area contributed by atoms with Gasteiger partial charge in [0.25, 0.3) is 0 Å². The van der Waals surface area contributed by atoms with Crippen LogP contribution >= 0.6 is 0 Å². The number of aromatic nitrogens is 2. The van der Waals surface area contributed by atoms with Crippen molar-refractivity contribution in [1.29, 1.82) is 0 Å². The maximum atomic E-state index is 11.9. The Morgan fingerprint density at radius 2 is 2.05 bits per heavy atom. The molecule has 1 aromatic carbocycles. The molecule has 2 aromatic rings. The van der Waals surface area contributed by atoms with E-state index in [2.05, 4.69) is 15.3 Å². The lowest BCUT2D eigenvalue weighted by molar-refractivity contribution is -0.118. The van der Waals surface area contributed by atoms with Crippen LogP contribution in [0.4, 0.5) is 5.69 Å². The Hall–Kier alpha value is -2.31. The van der Waals surface area contributed by atoms with Crippen LogP contribution in [0.25, 0.3) is 11.4 Å². The predicted octanol–water partition coefficient (Wildman–Crippen LogP) is 1.75. The van der Waals surface area contributed by atoms with Crippen LogP contribution < -0.4 is 11.1 Å². The number of benzene rings is 1. The van der Waals surface area contributed by atoms with Crippen molar-refractivity contribution >= 4 is 11.6 Å². The maximum Gasteiger partial charge on any atom is 0.227 e. The lowest BCUT2D eigenvalue weighted by Gasteiger charge is -2.12. The van der Waals surface area contributed by atoms with Gasteiger partial charge in [-0.15, -0.1) is 0 Å². The molecule has 0 aliphatic heterocycles. The van der Waals surface area contributed by atoms with Crippen molar-refractivity contribution in [2.45, 2.75) is 19.4 Å². The Morgan fingerprint density at radius 3 is 2.64 bits per heavy atom. The minimum absolute atomic E-state index is 0.128. The Labute approximate surface area is 129 Å². The van der Waals surface area contributed by atoms with E-state index >= 15 is 0 Å². The van der Waals surface area contributed by atoms with Crippen molar-refractivity contribution < 1.29 is 9.53 Å². The van der Waals surface area contributed by atoms with Crippen LogP contribution in [-0.2, 0) is 9.53 Å². The highest BCUT2D eigenvalue weighted by molar-refractivity contribution is 5.91. The number of nitrogens with zero attached hydrogens (tertiary/aromatic N) is 2. The summed E-state index contributed by atoms with van der Waals surface area (Å²) in [6.07, 6.45) is 1.70. The van der Waals surface area contributed by atoms with Crippen molar-refractivity contribution in [2.75, 3.05) is 19.0 Å². The fraction of sp³-hybridized carbons (Fsp3) is 0.312. The van der Waals surface area contributed by atoms with E-state index in [-0.39, 0.29) is 18.4 Å². The lowest BCUT2D eigenvalue weighted by Crippen LogP contribution is -2.28. The number of hydrogen-bond acceptors (Lipinski definition) is 5. The Bertz CT molecular complexity index is 624. The standard InChI is InChI=1S/C16H20N4O2/c1-11-7-8-18-16(19-11)12-3-5-13(6-4-12)20-15(21)9-14(10-17)22-2/h3-8,14H,9-10,17H2,1-2H3,(H,20,21). The molecule has 0 saturated heterocycles. The molecule has 0 aliphatic rings. The highest BCUT2D eigenvalue weighted by Crippen LogP contribution is 2.18. The van der Waals surface area contributed by atoms with E-state index in [0.717, 1.165) is 11.3 Å². The van der Waals surface area contributed by atoms with Gasteiger partial charge in [-0.1, -0.05) is 0 Å². The third-order valence-electron chi connectivity index (χ3n) is 3.23. The quantitative estimate of drug-likeness (QED) is 0.848. The summed E-state index contributed by atoms with van der Waals surface area (Å²) >= 11 is 0. The monoisotopic (exact) mass is 300 g/mol. The number of carbonyl (C=O) groups excluding carboxylic acids is 1. The molecule has 0 bridgehead atoms. The summed E-state index contributed by atoms with van der Waals surface area (Å²) in [6, 6.07) is 9.25. The Balaban J connectivity index is 2.01. The van der Waals surface area contributed by atoms with E-state index in [1.165, 1.54) is 0 Å². The SMILES string of the molecule is COC(CN)CC(=O)Nc1ccc(-c2nccc(C)n2)cc1. The van der Waals surface area contributed by atoms with Gasteiger partial charge >= 0.3 is 0 Å². The molecular formula is C16H20N4O2. The van der Waals surface area contributed by atoms with Gasteiger partial charge in [0.15, 0.2) is 5.82 Å². The highest BCUT2D eigenvalue weighted by Gasteiger charge is 2.11. The number of aryl methyl sites for hydroxylation is 1. The molecule has 1 aromatic heterocycles. The summed E-state index contributed by atoms with van der Waals surface area (Å²) in [4.78, 5) is 20.5. The number of carbonyl (C=O) groups is 1. The van der Waals surface area contributed by atoms with E-state index in [1.54, 1.807) is 13.3 Å². The summed E-state index contributed by atoms with van der Waals surface area (Å²) in [6.45, 7) is 2.23. The number of rotatable bonds is 6. The van der Waals surface area contributed by atoms with Gasteiger partial charge in [-0.3, -0.25) is 4.79 Å². The second-order valence-electron chi connectivity index (χ2n) is 4.94. The zero-order chi connectivity index (χ0) is 15.9. The third kappa shape index (κ3) is 4.34. The van der Waals surface area contributed by atoms with Gasteiger partial charge in [0.05, 0.1) is 12.5 Å². The molecule has 1 unspecified atom stereocenters. The largest absolute Gasteiger partial charge is 0.380 e. The molecule has 0 saturated carbocycles. The summed E-state index contributed by atoms with van der Waals surface area (Å²) in [5.41, 5.74) is 8.03. The molecular weight excluding hydrogens is 280 g/mol. The van der Waals surface area contributed by atoms with Gasteiger partial charge in [-0.25, -0.2) is 9.97 Å². The first-order chi connectivity index (χ1) is 10.6. The van der Waals surface area contributed by atoms with Gasteiger partial charge in [0, 0.05) is 36.8 Å². The zero-order valence-electron chi connectivity index (χ0n) is 12.7. The molecule has 3 N–H and O–H groups in total. The highest BCUT2D eigenvalue weighted by atomic mass is 16.5. The Kier molecular flexibility index (Phi) is 5.57. The van der Waals surface area contributed by atoms with E-state index in [0.29, 0.717) is 18.1 Å². The molecule has 22 heavy (non-hydrogen) atoms. The van der Waals surface area contributed by atoms with Gasteiger partial charge in [0.2, 0.25) is 5.91 Å². The fourth-order valence-electron chi connectivity index (χ4n) is 1.97. The van der Waals surface area contributed by atoms with Crippen LogP contribution in [0.1, 0.15) is 12.1 Å². The summed E-state index contributed by atoms with van der Waals surface area (Å²) in [5.74, 6) is 0.539. The second-order valence-corrected chi connectivity index (χ2v) is 4.94. The minimum atomic E-state index is -0.264. The lowest BCUT2D eigenvalue weighted by atomic mass is 10.2. The first-order valence-electron chi connectivity index (χ1n) is 7.05. The van der Waals surface area contributed by atoms with Crippen LogP contribution in [0.3, 0.4) is 0 Å². The van der Waals surface area contributed by atoms with Crippen LogP contribution in [0.2, 0.25) is 0 Å². The van der Waals surface area contributed by atoms with Gasteiger partial charge in [0.1, 0.15) is 0 Å². The number of nitrogens with one attached hydrogen (secondary N) is 1. The normalized spacial score (nSPS) is 12.0. The zero-order valence-corrected chi connectivity index (χ0v) is 12.7. The summed E-state index contributed by atoms with van der Waals surface area (Å²) in [7, 11) is 1.54. The molecule has 6 nitrogen and oxygen atoms in total. The number of hydrogen-bond donors (Lipinski definition) is 2. The summed E-state index contributed by atoms with van der Waals surface area (Å²) < 4.78 is 5.09. The minimum Gasteiger partial charge on any atom is -0.380 e. The molecule has 0 radical (unpaired) electrons. The van der Waals surface area contributed by atoms with Gasteiger partial charge in [-0.2, -0.15) is 0 Å². The molecule has 6 heteroatoms. The molecule has 116 valence electrons. The van der Waals surface area contributed by atoms with Crippen molar-refractivity contribution in [1.82, 2.24) is 9.97 Å². The molecule has 1 amide bonds. The number of nitrogens with two attached hydrogens (primary N) is 1. The number of methoxy groups -OCH3 is 1. The van der Waals surface area contributed by atoms with E-state index in [4.69, 9.17) is 10.5 Å². The average Bonchev–Trinajstić information content (AvgIpc) is 2.53. The van der Waals surface area contributed by atoms with Gasteiger partial charge < -0.3 is 15.8 Å². The van der Waals surface area contributed by atoms with Crippen LogP contribution in [0, 0.1) is 6.92 Å². The van der Waals surface area contributed by atoms with Crippen molar-refractivity contribution in [3.8, 4) is 11.4 Å². The average molecular weight is 300 g/mol. The molecule has 1 atom stereocenters. The van der Waals surface area contributed by atoms with Crippen molar-refractivity contribution in [2.24, 2.45) is 5.73 Å². The summed E-state index contributed by atoms with van der Waals surface area (Å²) in [5, 5.41) is 2.82. The Morgan fingerprint density at radius 1 is 1.32 bits per heavy atom. The number of ether oxygens (including phenoxy) is 1. The predicted molar refractivity (Wildman–Crippen MR) is 85.3 cm³/mol. The van der Waals surface area contributed by atoms with Crippen LogP contribution in [0.5, 0.6) is 0 Å². The number of anilines is 1. The van der Waals surface area contributed by atoms with Crippen LogP contribution in [-0.4, -0.2) is 35.6 Å². The molecule has 0 fully saturated rings. The van der Waals surface area contributed by atoms with E-state index in [1.807, 2.05) is 37.3 Å². The van der Waals surface area contributed by atoms with Gasteiger partial charge in [-0.05, 0) is 37.3 Å².